The molecule has 0 aliphatic carbocycles. The summed E-state index contributed by atoms with van der Waals surface area (Å²) in [5.41, 5.74) is 0.489. The van der Waals surface area contributed by atoms with Gasteiger partial charge in [0.25, 0.3) is 0 Å². The maximum Gasteiger partial charge on any atom is 0.335 e. The number of benzene rings is 2. The molecule has 0 amide bonds. The van der Waals surface area contributed by atoms with E-state index in [1.165, 1.54) is 51.7 Å². The van der Waals surface area contributed by atoms with E-state index in [0.29, 0.717) is 16.7 Å². The van der Waals surface area contributed by atoms with Gasteiger partial charge in [-0.3, -0.25) is 9.59 Å². The minimum Gasteiger partial charge on any atom is -0.495 e. The van der Waals surface area contributed by atoms with Crippen molar-refractivity contribution in [2.45, 2.75) is 6.92 Å². The smallest absolute Gasteiger partial charge is 0.335 e. The maximum atomic E-state index is 13.4. The van der Waals surface area contributed by atoms with Gasteiger partial charge in [-0.2, -0.15) is 0 Å². The van der Waals surface area contributed by atoms with Gasteiger partial charge in [-0.1, -0.05) is 0 Å². The van der Waals surface area contributed by atoms with Crippen LogP contribution in [-0.4, -0.2) is 37.6 Å². The fraction of sp³-hybridized carbons (Fsp3) is 0.174. The minimum atomic E-state index is -1.05. The molecule has 9 nitrogen and oxygen atoms in total. The van der Waals surface area contributed by atoms with E-state index < -0.39 is 17.2 Å². The number of carbonyl (C=O) groups excluding carboxylic acids is 1. The maximum absolute atomic E-state index is 13.4. The van der Waals surface area contributed by atoms with Crippen LogP contribution in [0.1, 0.15) is 26.5 Å². The Morgan fingerprint density at radius 1 is 1.03 bits per heavy atom. The number of methoxy groups -OCH3 is 2. The number of ketones is 1. The zero-order valence-electron chi connectivity index (χ0n) is 17.5. The summed E-state index contributed by atoms with van der Waals surface area (Å²) in [7, 11) is 2.84. The molecule has 0 spiro atoms. The van der Waals surface area contributed by atoms with Gasteiger partial charge in [0.15, 0.2) is 16.9 Å². The molecule has 9 heteroatoms. The highest BCUT2D eigenvalue weighted by Crippen LogP contribution is 2.42. The topological polar surface area (TPSA) is 128 Å². The van der Waals surface area contributed by atoms with Crippen molar-refractivity contribution in [2.24, 2.45) is 0 Å². The van der Waals surface area contributed by atoms with Crippen molar-refractivity contribution in [3.63, 3.8) is 0 Å². The fourth-order valence-electron chi connectivity index (χ4n) is 3.63. The van der Waals surface area contributed by atoms with Crippen LogP contribution in [0, 0.1) is 6.92 Å². The Kier molecular flexibility index (Phi) is 5.31. The van der Waals surface area contributed by atoms with Crippen LogP contribution in [-0.2, 0) is 0 Å². The van der Waals surface area contributed by atoms with Crippen molar-refractivity contribution in [2.75, 3.05) is 26.1 Å². The highest BCUT2D eigenvalue weighted by Gasteiger charge is 2.27. The number of aromatic carboxylic acids is 1. The molecule has 4 rings (SSSR count). The summed E-state index contributed by atoms with van der Waals surface area (Å²) in [4.78, 5) is 37.3. The molecule has 0 radical (unpaired) electrons. The number of nitrogens with one attached hydrogen (secondary N) is 1. The summed E-state index contributed by atoms with van der Waals surface area (Å²) in [6, 6.07) is 7.54. The molecule has 2 N–H and O–H groups in total. The van der Waals surface area contributed by atoms with Crippen molar-refractivity contribution < 1.29 is 33.0 Å². The number of rotatable bonds is 7. The van der Waals surface area contributed by atoms with Crippen molar-refractivity contribution in [3.05, 3.63) is 63.7 Å². The van der Waals surface area contributed by atoms with Crippen molar-refractivity contribution in [3.8, 4) is 11.5 Å². The third kappa shape index (κ3) is 3.33. The molecule has 2 heterocycles. The van der Waals surface area contributed by atoms with Crippen molar-refractivity contribution >= 4 is 39.4 Å². The second-order valence-corrected chi connectivity index (χ2v) is 6.96. The lowest BCUT2D eigenvalue weighted by molar-refractivity contribution is 0.0696. The summed E-state index contributed by atoms with van der Waals surface area (Å²) in [5, 5.41) is 12.5. The van der Waals surface area contributed by atoms with E-state index >= 15 is 0 Å². The molecule has 32 heavy (non-hydrogen) atoms. The molecule has 0 fully saturated rings. The first-order valence-corrected chi connectivity index (χ1v) is 9.56. The van der Waals surface area contributed by atoms with Gasteiger partial charge in [0.2, 0.25) is 11.2 Å². The Balaban J connectivity index is 1.77. The predicted molar refractivity (Wildman–Crippen MR) is 116 cm³/mol. The molecule has 4 aromatic rings. The first-order valence-electron chi connectivity index (χ1n) is 9.56. The standard InChI is InChI=1S/C23H19NO8/c1-11-16(15(25)10-24-13-6-4-12(5-7-13)23(27)28)18(26)17-19(29-2)14-8-9-31-20(14)22(30-3)21(17)32-11/h4-9,24H,10H2,1-3H3,(H,27,28). The Hall–Kier alpha value is -4.27. The second-order valence-electron chi connectivity index (χ2n) is 6.96. The van der Waals surface area contributed by atoms with Crippen LogP contribution in [0.2, 0.25) is 0 Å². The number of Topliss-reactive ketones (excluding diaryl/α,β-unsaturated/α-hetero) is 1. The number of carbonyl (C=O) groups is 2. The van der Waals surface area contributed by atoms with Gasteiger partial charge in [0, 0.05) is 5.69 Å². The number of aryl methyl sites for hydroxylation is 1. The lowest BCUT2D eigenvalue weighted by Gasteiger charge is -2.13. The molecule has 0 atom stereocenters. The van der Waals surface area contributed by atoms with E-state index in [1.807, 2.05) is 0 Å². The first-order chi connectivity index (χ1) is 15.4. The fourth-order valence-corrected chi connectivity index (χ4v) is 3.63. The molecule has 0 saturated carbocycles. The van der Waals surface area contributed by atoms with Crippen molar-refractivity contribution in [1.29, 1.82) is 0 Å². The summed E-state index contributed by atoms with van der Waals surface area (Å²) >= 11 is 0. The molecule has 0 unspecified atom stereocenters. The number of carboxylic acid groups (broad SMARTS) is 1. The third-order valence-electron chi connectivity index (χ3n) is 5.11. The summed E-state index contributed by atoms with van der Waals surface area (Å²) in [6.07, 6.45) is 1.44. The molecular weight excluding hydrogens is 418 g/mol. The molecule has 2 aromatic carbocycles. The Labute approximate surface area is 181 Å². The second kappa shape index (κ2) is 8.10. The quantitative estimate of drug-likeness (QED) is 0.414. The van der Waals surface area contributed by atoms with Gasteiger partial charge in [-0.15, -0.1) is 0 Å². The van der Waals surface area contributed by atoms with Crippen LogP contribution in [0.5, 0.6) is 11.5 Å². The molecule has 0 aliphatic rings. The van der Waals surface area contributed by atoms with Gasteiger partial charge in [0.1, 0.15) is 22.5 Å². The van der Waals surface area contributed by atoms with Crippen molar-refractivity contribution in [1.82, 2.24) is 0 Å². The molecule has 0 saturated heterocycles. The third-order valence-corrected chi connectivity index (χ3v) is 5.11. The number of carboxylic acids is 1. The molecule has 164 valence electrons. The summed E-state index contributed by atoms with van der Waals surface area (Å²) in [5.74, 6) is -0.954. The average Bonchev–Trinajstić information content (AvgIpc) is 3.26. The zero-order chi connectivity index (χ0) is 23.0. The highest BCUT2D eigenvalue weighted by atomic mass is 16.5. The molecule has 0 bridgehead atoms. The molecule has 0 aliphatic heterocycles. The average molecular weight is 437 g/mol. The Bertz CT molecular complexity index is 1410. The zero-order valence-corrected chi connectivity index (χ0v) is 17.5. The Morgan fingerprint density at radius 2 is 1.72 bits per heavy atom. The van der Waals surface area contributed by atoms with Gasteiger partial charge >= 0.3 is 5.97 Å². The van der Waals surface area contributed by atoms with E-state index in [-0.39, 0.29) is 45.9 Å². The number of furan rings is 1. The van der Waals surface area contributed by atoms with Crippen LogP contribution in [0.25, 0.3) is 21.9 Å². The van der Waals surface area contributed by atoms with Crippen LogP contribution >= 0.6 is 0 Å². The number of hydrogen-bond acceptors (Lipinski definition) is 8. The summed E-state index contributed by atoms with van der Waals surface area (Å²) in [6.45, 7) is 1.32. The van der Waals surface area contributed by atoms with Crippen LogP contribution in [0.15, 0.2) is 50.2 Å². The lowest BCUT2D eigenvalue weighted by Crippen LogP contribution is -2.23. The lowest BCUT2D eigenvalue weighted by atomic mass is 10.0. The number of fused-ring (bicyclic) bond motifs is 2. The normalized spacial score (nSPS) is 11.0. The summed E-state index contributed by atoms with van der Waals surface area (Å²) < 4.78 is 22.2. The van der Waals surface area contributed by atoms with Gasteiger partial charge in [-0.25, -0.2) is 4.79 Å². The van der Waals surface area contributed by atoms with E-state index in [1.54, 1.807) is 6.07 Å². The number of anilines is 1. The number of ether oxygens (including phenoxy) is 2. The van der Waals surface area contributed by atoms with Gasteiger partial charge in [0.05, 0.1) is 38.0 Å². The van der Waals surface area contributed by atoms with Gasteiger partial charge in [-0.05, 0) is 37.3 Å². The van der Waals surface area contributed by atoms with Crippen LogP contribution in [0.3, 0.4) is 0 Å². The minimum absolute atomic E-state index is 0.0815. The van der Waals surface area contributed by atoms with E-state index in [2.05, 4.69) is 5.32 Å². The van der Waals surface area contributed by atoms with Crippen LogP contribution in [0.4, 0.5) is 5.69 Å². The first kappa shape index (κ1) is 21.0. The Morgan fingerprint density at radius 3 is 2.34 bits per heavy atom. The van der Waals surface area contributed by atoms with Crippen LogP contribution < -0.4 is 20.2 Å². The van der Waals surface area contributed by atoms with E-state index in [4.69, 9.17) is 23.4 Å². The van der Waals surface area contributed by atoms with E-state index in [9.17, 15) is 14.4 Å². The number of hydrogen-bond donors (Lipinski definition) is 2. The largest absolute Gasteiger partial charge is 0.495 e. The molecular formula is C23H19NO8. The SMILES string of the molecule is COc1c2occc2c(OC)c2c(=O)c(C(=O)CNc3ccc(C(=O)O)cc3)c(C)oc12. The predicted octanol–water partition coefficient (Wildman–Crippen LogP) is 3.86. The monoisotopic (exact) mass is 437 g/mol. The highest BCUT2D eigenvalue weighted by molar-refractivity contribution is 6.09. The molecule has 2 aromatic heterocycles. The van der Waals surface area contributed by atoms with Gasteiger partial charge < -0.3 is 28.7 Å². The van der Waals surface area contributed by atoms with E-state index in [0.717, 1.165) is 0 Å².